The van der Waals surface area contributed by atoms with Gasteiger partial charge in [0.15, 0.2) is 11.0 Å². The lowest BCUT2D eigenvalue weighted by atomic mass is 10.2. The number of morpholine rings is 1. The van der Waals surface area contributed by atoms with Gasteiger partial charge in [-0.05, 0) is 57.2 Å². The normalized spacial score (nSPS) is 18.4. The third kappa shape index (κ3) is 5.51. The van der Waals surface area contributed by atoms with E-state index < -0.39 is 0 Å². The average Bonchev–Trinajstić information content (AvgIpc) is 3.21. The molecule has 1 aromatic heterocycles. The van der Waals surface area contributed by atoms with Crippen molar-refractivity contribution in [2.75, 3.05) is 25.4 Å². The lowest BCUT2D eigenvalue weighted by Crippen LogP contribution is -2.48. The Labute approximate surface area is 203 Å². The van der Waals surface area contributed by atoms with Gasteiger partial charge in [-0.2, -0.15) is 0 Å². The zero-order valence-electron chi connectivity index (χ0n) is 18.9. The van der Waals surface area contributed by atoms with E-state index in [-0.39, 0.29) is 23.9 Å². The van der Waals surface area contributed by atoms with Crippen molar-refractivity contribution in [3.8, 4) is 22.8 Å². The molecule has 3 aromatic rings. The number of nitrogens with zero attached hydrogens (tertiary/aromatic N) is 4. The molecule has 0 spiro atoms. The average molecular weight is 487 g/mol. The van der Waals surface area contributed by atoms with E-state index in [2.05, 4.69) is 10.2 Å². The first kappa shape index (κ1) is 23.6. The van der Waals surface area contributed by atoms with Crippen molar-refractivity contribution in [3.05, 3.63) is 53.6 Å². The second-order valence-electron chi connectivity index (χ2n) is 7.89. The van der Waals surface area contributed by atoms with Gasteiger partial charge in [0.1, 0.15) is 5.75 Å². The molecule has 0 bridgehead atoms. The zero-order chi connectivity index (χ0) is 23.4. The van der Waals surface area contributed by atoms with Crippen LogP contribution in [0.3, 0.4) is 0 Å². The van der Waals surface area contributed by atoms with Crippen LogP contribution in [0.1, 0.15) is 20.8 Å². The van der Waals surface area contributed by atoms with Gasteiger partial charge in [0, 0.05) is 24.3 Å². The van der Waals surface area contributed by atoms with Gasteiger partial charge in [-0.1, -0.05) is 35.5 Å². The lowest BCUT2D eigenvalue weighted by Gasteiger charge is -2.35. The fourth-order valence-electron chi connectivity index (χ4n) is 3.87. The molecule has 0 radical (unpaired) electrons. The molecule has 2 heterocycles. The Bertz CT molecular complexity index is 1100. The van der Waals surface area contributed by atoms with Crippen LogP contribution in [0, 0.1) is 0 Å². The number of benzene rings is 2. The maximum Gasteiger partial charge on any atom is 0.233 e. The zero-order valence-corrected chi connectivity index (χ0v) is 20.5. The van der Waals surface area contributed by atoms with Crippen LogP contribution in [-0.4, -0.2) is 63.2 Å². The van der Waals surface area contributed by atoms with Crippen molar-refractivity contribution in [2.45, 2.75) is 38.1 Å². The molecule has 1 amide bonds. The summed E-state index contributed by atoms with van der Waals surface area (Å²) in [5, 5.41) is 10.0. The smallest absolute Gasteiger partial charge is 0.233 e. The summed E-state index contributed by atoms with van der Waals surface area (Å²) in [4.78, 5) is 14.8. The van der Waals surface area contributed by atoms with Crippen LogP contribution in [-0.2, 0) is 9.53 Å². The molecule has 1 aliphatic heterocycles. The maximum absolute atomic E-state index is 12.9. The SMILES string of the molecule is CCOc1ccc(-n2c(SCC(=O)N3C[C@@H](C)O[C@H](C)C3)nnc2-c2ccccc2Cl)cc1. The molecule has 4 rings (SSSR count). The minimum atomic E-state index is 0.0297. The quantitative estimate of drug-likeness (QED) is 0.450. The predicted molar refractivity (Wildman–Crippen MR) is 130 cm³/mol. The molecule has 0 saturated carbocycles. The highest BCUT2D eigenvalue weighted by Crippen LogP contribution is 2.32. The van der Waals surface area contributed by atoms with E-state index in [0.717, 1.165) is 17.0 Å². The largest absolute Gasteiger partial charge is 0.494 e. The number of halogens is 1. The Morgan fingerprint density at radius 3 is 2.48 bits per heavy atom. The number of thioether (sulfide) groups is 1. The molecular weight excluding hydrogens is 460 g/mol. The first-order chi connectivity index (χ1) is 16.0. The Balaban J connectivity index is 1.62. The van der Waals surface area contributed by atoms with Crippen LogP contribution in [0.25, 0.3) is 17.1 Å². The monoisotopic (exact) mass is 486 g/mol. The third-order valence-corrected chi connectivity index (χ3v) is 6.49. The maximum atomic E-state index is 12.9. The summed E-state index contributed by atoms with van der Waals surface area (Å²) in [7, 11) is 0. The number of amides is 1. The molecule has 174 valence electrons. The van der Waals surface area contributed by atoms with Crippen LogP contribution in [0.2, 0.25) is 5.02 Å². The second kappa shape index (κ2) is 10.6. The number of aromatic nitrogens is 3. The van der Waals surface area contributed by atoms with E-state index >= 15 is 0 Å². The number of rotatable bonds is 7. The molecule has 0 unspecified atom stereocenters. The molecule has 0 aliphatic carbocycles. The third-order valence-electron chi connectivity index (χ3n) is 5.25. The van der Waals surface area contributed by atoms with Crippen molar-refractivity contribution in [1.29, 1.82) is 0 Å². The van der Waals surface area contributed by atoms with Gasteiger partial charge in [-0.15, -0.1) is 10.2 Å². The number of carbonyl (C=O) groups excluding carboxylic acids is 1. The van der Waals surface area contributed by atoms with Gasteiger partial charge in [-0.3, -0.25) is 9.36 Å². The summed E-state index contributed by atoms with van der Waals surface area (Å²) in [6.07, 6.45) is 0.0593. The van der Waals surface area contributed by atoms with E-state index in [9.17, 15) is 4.79 Å². The van der Waals surface area contributed by atoms with Gasteiger partial charge < -0.3 is 14.4 Å². The van der Waals surface area contributed by atoms with E-state index in [1.807, 2.05) is 78.8 Å². The van der Waals surface area contributed by atoms with E-state index in [1.54, 1.807) is 0 Å². The number of carbonyl (C=O) groups is 1. The van der Waals surface area contributed by atoms with Crippen molar-refractivity contribution >= 4 is 29.3 Å². The summed E-state index contributed by atoms with van der Waals surface area (Å²) in [5.74, 6) is 1.72. The molecule has 1 saturated heterocycles. The minimum absolute atomic E-state index is 0.0297. The molecule has 9 heteroatoms. The standard InChI is InChI=1S/C24H27ClN4O3S/c1-4-31-19-11-9-18(10-12-19)29-23(20-7-5-6-8-21(20)25)26-27-24(29)33-15-22(30)28-13-16(2)32-17(3)14-28/h5-12,16-17H,4,13-15H2,1-3H3/t16-,17-/m1/s1. The number of ether oxygens (including phenoxy) is 2. The van der Waals surface area contributed by atoms with Crippen molar-refractivity contribution in [3.63, 3.8) is 0 Å². The molecule has 2 atom stereocenters. The number of hydrogen-bond donors (Lipinski definition) is 0. The van der Waals surface area contributed by atoms with E-state index in [0.29, 0.717) is 35.7 Å². The minimum Gasteiger partial charge on any atom is -0.494 e. The fraction of sp³-hybridized carbons (Fsp3) is 0.375. The van der Waals surface area contributed by atoms with Crippen molar-refractivity contribution in [1.82, 2.24) is 19.7 Å². The van der Waals surface area contributed by atoms with Crippen LogP contribution in [0.15, 0.2) is 53.7 Å². The highest BCUT2D eigenvalue weighted by molar-refractivity contribution is 7.99. The van der Waals surface area contributed by atoms with Gasteiger partial charge >= 0.3 is 0 Å². The first-order valence-electron chi connectivity index (χ1n) is 11.0. The topological polar surface area (TPSA) is 69.5 Å². The molecule has 1 aliphatic rings. The fourth-order valence-corrected chi connectivity index (χ4v) is 4.95. The summed E-state index contributed by atoms with van der Waals surface area (Å²) in [6.45, 7) is 7.72. The Hall–Kier alpha value is -2.55. The lowest BCUT2D eigenvalue weighted by molar-refractivity contribution is -0.140. The van der Waals surface area contributed by atoms with Crippen LogP contribution < -0.4 is 4.74 Å². The van der Waals surface area contributed by atoms with E-state index in [1.165, 1.54) is 11.8 Å². The number of hydrogen-bond acceptors (Lipinski definition) is 6. The van der Waals surface area contributed by atoms with E-state index in [4.69, 9.17) is 21.1 Å². The summed E-state index contributed by atoms with van der Waals surface area (Å²) < 4.78 is 13.3. The van der Waals surface area contributed by atoms with Gasteiger partial charge in [0.25, 0.3) is 0 Å². The van der Waals surface area contributed by atoms with Gasteiger partial charge in [0.2, 0.25) is 5.91 Å². The highest BCUT2D eigenvalue weighted by atomic mass is 35.5. The van der Waals surface area contributed by atoms with Gasteiger partial charge in [-0.25, -0.2) is 0 Å². The Morgan fingerprint density at radius 1 is 1.12 bits per heavy atom. The summed E-state index contributed by atoms with van der Waals surface area (Å²) in [5.41, 5.74) is 1.64. The first-order valence-corrected chi connectivity index (χ1v) is 12.3. The molecule has 0 N–H and O–H groups in total. The Morgan fingerprint density at radius 2 is 1.82 bits per heavy atom. The van der Waals surface area contributed by atoms with Crippen LogP contribution in [0.4, 0.5) is 0 Å². The summed E-state index contributed by atoms with van der Waals surface area (Å²) in [6, 6.07) is 15.2. The summed E-state index contributed by atoms with van der Waals surface area (Å²) >= 11 is 7.83. The Kier molecular flexibility index (Phi) is 7.57. The van der Waals surface area contributed by atoms with Crippen LogP contribution >= 0.6 is 23.4 Å². The van der Waals surface area contributed by atoms with Crippen LogP contribution in [0.5, 0.6) is 5.75 Å². The molecule has 1 fully saturated rings. The molecular formula is C24H27ClN4O3S. The molecule has 7 nitrogen and oxygen atoms in total. The van der Waals surface area contributed by atoms with Crippen molar-refractivity contribution in [2.24, 2.45) is 0 Å². The van der Waals surface area contributed by atoms with Crippen molar-refractivity contribution < 1.29 is 14.3 Å². The highest BCUT2D eigenvalue weighted by Gasteiger charge is 2.26. The molecule has 2 aromatic carbocycles. The predicted octanol–water partition coefficient (Wildman–Crippen LogP) is 4.71. The van der Waals surface area contributed by atoms with Gasteiger partial charge in [0.05, 0.1) is 29.6 Å². The second-order valence-corrected chi connectivity index (χ2v) is 9.24. The molecule has 33 heavy (non-hydrogen) atoms.